The van der Waals surface area contributed by atoms with Crippen LogP contribution >= 0.6 is 10.3 Å². The molecule has 0 aliphatic heterocycles. The predicted octanol–water partition coefficient (Wildman–Crippen LogP) is 6.11. The molecule has 1 aromatic carbocycles. The van der Waals surface area contributed by atoms with E-state index in [1.807, 2.05) is 6.07 Å². The predicted molar refractivity (Wildman–Crippen MR) is 98.2 cm³/mol. The quantitative estimate of drug-likeness (QED) is 0.615. The fourth-order valence-electron chi connectivity index (χ4n) is 3.33. The summed E-state index contributed by atoms with van der Waals surface area (Å²) in [6.45, 7) is 8.63. The zero-order chi connectivity index (χ0) is 19.0. The lowest BCUT2D eigenvalue weighted by molar-refractivity contribution is -0.216. The van der Waals surface area contributed by atoms with Crippen molar-refractivity contribution >= 4 is 10.3 Å². The molecule has 2 nitrogen and oxygen atoms in total. The van der Waals surface area contributed by atoms with E-state index in [1.165, 1.54) is 6.07 Å². The highest BCUT2D eigenvalue weighted by Crippen LogP contribution is 2.60. The van der Waals surface area contributed by atoms with Crippen molar-refractivity contribution in [2.45, 2.75) is 63.7 Å². The first-order chi connectivity index (χ1) is 11.4. The lowest BCUT2D eigenvalue weighted by atomic mass is 9.98. The van der Waals surface area contributed by atoms with Gasteiger partial charge in [-0.1, -0.05) is 45.9 Å². The van der Waals surface area contributed by atoms with E-state index in [-0.39, 0.29) is 16.4 Å². The van der Waals surface area contributed by atoms with Gasteiger partial charge in [0.1, 0.15) is 0 Å². The van der Waals surface area contributed by atoms with E-state index in [0.29, 0.717) is 6.42 Å². The van der Waals surface area contributed by atoms with Gasteiger partial charge in [0.25, 0.3) is 0 Å². The van der Waals surface area contributed by atoms with Crippen molar-refractivity contribution in [2.75, 3.05) is 19.1 Å². The number of hydrogen-bond donors (Lipinski definition) is 0. The Bertz CT molecular complexity index is 610. The van der Waals surface area contributed by atoms with Crippen LogP contribution in [0, 0.1) is 0 Å². The third-order valence-electron chi connectivity index (χ3n) is 5.24. The largest absolute Gasteiger partial charge is 0.418 e. The van der Waals surface area contributed by atoms with Gasteiger partial charge in [-0.2, -0.15) is 13.2 Å². The third kappa shape index (κ3) is 4.01. The number of ether oxygens (including phenoxy) is 1. The second-order valence-electron chi connectivity index (χ2n) is 7.60. The molecule has 1 aromatic rings. The lowest BCUT2D eigenvalue weighted by Crippen LogP contribution is -2.28. The number of rotatable bonds is 5. The van der Waals surface area contributed by atoms with Crippen LogP contribution in [-0.2, 0) is 15.3 Å². The van der Waals surface area contributed by atoms with E-state index in [0.717, 1.165) is 30.4 Å². The molecule has 3 atom stereocenters. The van der Waals surface area contributed by atoms with Crippen LogP contribution < -0.4 is 0 Å². The Morgan fingerprint density at radius 2 is 1.88 bits per heavy atom. The maximum Gasteiger partial charge on any atom is 0.418 e. The van der Waals surface area contributed by atoms with Gasteiger partial charge >= 0.3 is 6.18 Å². The average molecular weight is 379 g/mol. The summed E-state index contributed by atoms with van der Waals surface area (Å²) in [5.74, 6) is 0.922. The summed E-state index contributed by atoms with van der Waals surface area (Å²) >= 11 is 0. The number of alkyl halides is 3. The van der Waals surface area contributed by atoms with Crippen LogP contribution in [0.2, 0.25) is 0 Å². The summed E-state index contributed by atoms with van der Waals surface area (Å²) in [4.78, 5) is 0. The Hall–Kier alpha value is -0.720. The molecule has 0 bridgehead atoms. The minimum Gasteiger partial charge on any atom is -0.367 e. The molecule has 1 aliphatic rings. The first kappa shape index (κ1) is 20.6. The van der Waals surface area contributed by atoms with Gasteiger partial charge in [-0.3, -0.25) is 0 Å². The van der Waals surface area contributed by atoms with Crippen molar-refractivity contribution in [3.63, 3.8) is 0 Å². The lowest BCUT2D eigenvalue weighted by Gasteiger charge is -2.48. The molecule has 0 saturated carbocycles. The topological polar surface area (TPSA) is 18.5 Å². The molecule has 144 valence electrons. The van der Waals surface area contributed by atoms with Gasteiger partial charge in [0.05, 0.1) is 6.10 Å². The molecule has 0 amide bonds. The molecule has 2 rings (SSSR count). The zero-order valence-corrected chi connectivity index (χ0v) is 16.7. The van der Waals surface area contributed by atoms with Crippen LogP contribution in [0.15, 0.2) is 18.2 Å². The molecule has 0 N–H and O–H groups in total. The molecular formula is C19H29F3O2S. The molecule has 0 fully saturated rings. The second-order valence-corrected chi connectivity index (χ2v) is 11.6. The van der Waals surface area contributed by atoms with E-state index in [2.05, 4.69) is 34.0 Å². The highest BCUT2D eigenvalue weighted by molar-refractivity contribution is 8.30. The van der Waals surface area contributed by atoms with Gasteiger partial charge in [-0.25, -0.2) is 0 Å². The van der Waals surface area contributed by atoms with Crippen LogP contribution in [0.5, 0.6) is 0 Å². The van der Waals surface area contributed by atoms with Crippen molar-refractivity contribution in [2.24, 2.45) is 0 Å². The average Bonchev–Trinajstić information content (AvgIpc) is 2.89. The Labute approximate surface area is 150 Å². The summed E-state index contributed by atoms with van der Waals surface area (Å²) in [6.07, 6.45) is -2.96. The Kier molecular flexibility index (Phi) is 5.87. The third-order valence-corrected chi connectivity index (χ3v) is 9.59. The highest BCUT2D eigenvalue weighted by atomic mass is 32.3. The second kappa shape index (κ2) is 7.12. The first-order valence-corrected chi connectivity index (χ1v) is 10.7. The van der Waals surface area contributed by atoms with E-state index >= 15 is 0 Å². The number of halogens is 3. The van der Waals surface area contributed by atoms with E-state index < -0.39 is 22.6 Å². The summed E-state index contributed by atoms with van der Waals surface area (Å²) in [5.41, 5.74) is 1.85. The smallest absolute Gasteiger partial charge is 0.367 e. The van der Waals surface area contributed by atoms with E-state index in [1.54, 1.807) is 6.07 Å². The molecule has 0 spiro atoms. The maximum absolute atomic E-state index is 13.3. The zero-order valence-electron chi connectivity index (χ0n) is 15.9. The van der Waals surface area contributed by atoms with E-state index in [9.17, 15) is 13.2 Å². The number of hydrogen-bond acceptors (Lipinski definition) is 2. The summed E-state index contributed by atoms with van der Waals surface area (Å²) in [5, 5.41) is 0. The Morgan fingerprint density at radius 1 is 1.24 bits per heavy atom. The first-order valence-electron chi connectivity index (χ1n) is 8.59. The van der Waals surface area contributed by atoms with Gasteiger partial charge < -0.3 is 8.92 Å². The Morgan fingerprint density at radius 3 is 2.36 bits per heavy atom. The summed E-state index contributed by atoms with van der Waals surface area (Å²) in [6, 6.07) is 5.11. The minimum absolute atomic E-state index is 0.0170. The molecule has 0 aromatic heterocycles. The van der Waals surface area contributed by atoms with Crippen LogP contribution in [0.3, 0.4) is 0 Å². The normalized spacial score (nSPS) is 23.0. The number of fused-ring (bicyclic) bond motifs is 1. The van der Waals surface area contributed by atoms with Gasteiger partial charge in [-0.15, -0.1) is 10.3 Å². The molecule has 0 saturated heterocycles. The van der Waals surface area contributed by atoms with Crippen molar-refractivity contribution in [1.29, 1.82) is 0 Å². The van der Waals surface area contributed by atoms with Crippen molar-refractivity contribution in [3.05, 3.63) is 34.9 Å². The molecule has 25 heavy (non-hydrogen) atoms. The van der Waals surface area contributed by atoms with Crippen LogP contribution in [0.25, 0.3) is 0 Å². The molecule has 0 radical (unpaired) electrons. The van der Waals surface area contributed by atoms with Crippen LogP contribution in [0.1, 0.15) is 63.0 Å². The Balaban J connectivity index is 2.37. The minimum atomic E-state index is -4.42. The molecule has 6 heteroatoms. The van der Waals surface area contributed by atoms with Gasteiger partial charge in [0.2, 0.25) is 0 Å². The van der Waals surface area contributed by atoms with Crippen molar-refractivity contribution < 1.29 is 22.1 Å². The fourth-order valence-corrected chi connectivity index (χ4v) is 5.33. The monoisotopic (exact) mass is 378 g/mol. The standard InChI is InChI=1S/C19H29F3O2S/c1-7-25(6,18(2,3)4)24-16-12-11-13-14(16)9-8-10-15(13)17(23-5)19(20,21)22/h8-10,16-17H,7,11-12H2,1-6H3/t16-,17?/m0/s1. The van der Waals surface area contributed by atoms with Crippen molar-refractivity contribution in [3.8, 4) is 0 Å². The fraction of sp³-hybridized carbons (Fsp3) is 0.684. The highest BCUT2D eigenvalue weighted by Gasteiger charge is 2.44. The van der Waals surface area contributed by atoms with E-state index in [4.69, 9.17) is 8.92 Å². The molecule has 0 heterocycles. The van der Waals surface area contributed by atoms with Crippen LogP contribution in [-0.4, -0.2) is 30.0 Å². The number of benzene rings is 1. The summed E-state index contributed by atoms with van der Waals surface area (Å²) in [7, 11) is -0.230. The SMILES string of the molecule is CCS(C)(O[C@H]1CCc2c(C(OC)C(F)(F)F)cccc21)C(C)(C)C. The molecular weight excluding hydrogens is 349 g/mol. The molecule has 1 aliphatic carbocycles. The maximum atomic E-state index is 13.3. The van der Waals surface area contributed by atoms with Gasteiger partial charge in [-0.05, 0) is 41.5 Å². The van der Waals surface area contributed by atoms with Crippen LogP contribution in [0.4, 0.5) is 13.2 Å². The van der Waals surface area contributed by atoms with Crippen molar-refractivity contribution in [1.82, 2.24) is 0 Å². The summed E-state index contributed by atoms with van der Waals surface area (Å²) < 4.78 is 51.3. The van der Waals surface area contributed by atoms with Gasteiger partial charge in [0, 0.05) is 11.9 Å². The van der Waals surface area contributed by atoms with Gasteiger partial charge in [0.15, 0.2) is 6.10 Å². The molecule has 2 unspecified atom stereocenters. The number of methoxy groups -OCH3 is 1.